The first-order valence-electron chi connectivity index (χ1n) is 5.95. The summed E-state index contributed by atoms with van der Waals surface area (Å²) in [5.74, 6) is 0. The van der Waals surface area contributed by atoms with E-state index in [1.165, 1.54) is 25.7 Å². The summed E-state index contributed by atoms with van der Waals surface area (Å²) in [6.07, 6.45) is 5.03. The molecule has 96 valence electrons. The zero-order chi connectivity index (χ0) is 12.5. The van der Waals surface area contributed by atoms with Crippen molar-refractivity contribution >= 4 is 39.1 Å². The Bertz CT molecular complexity index is 311. The maximum atomic E-state index is 6.08. The highest BCUT2D eigenvalue weighted by Gasteiger charge is 2.03. The number of hydrogen-bond donors (Lipinski definition) is 1. The third-order valence-electron chi connectivity index (χ3n) is 2.60. The van der Waals surface area contributed by atoms with Crippen molar-refractivity contribution in [3.05, 3.63) is 33.8 Å². The first-order valence-corrected chi connectivity index (χ1v) is 7.83. The number of unbranched alkanes of at least 4 members (excludes halogenated alkanes) is 3. The molecule has 0 aromatic heterocycles. The Morgan fingerprint density at radius 1 is 1.00 bits per heavy atom. The third-order valence-corrected chi connectivity index (χ3v) is 3.87. The van der Waals surface area contributed by atoms with E-state index in [1.807, 2.05) is 18.2 Å². The van der Waals surface area contributed by atoms with Crippen molar-refractivity contribution in [1.82, 2.24) is 5.32 Å². The molecule has 0 fully saturated rings. The number of alkyl halides is 1. The van der Waals surface area contributed by atoms with Gasteiger partial charge in [-0.15, -0.1) is 0 Å². The topological polar surface area (TPSA) is 12.0 Å². The van der Waals surface area contributed by atoms with Crippen molar-refractivity contribution in [1.29, 1.82) is 0 Å². The van der Waals surface area contributed by atoms with Crippen LogP contribution in [0.15, 0.2) is 18.2 Å². The average molecular weight is 339 g/mol. The zero-order valence-corrected chi connectivity index (χ0v) is 12.9. The number of benzene rings is 1. The van der Waals surface area contributed by atoms with Gasteiger partial charge in [0.15, 0.2) is 0 Å². The molecule has 0 amide bonds. The summed E-state index contributed by atoms with van der Waals surface area (Å²) in [5.41, 5.74) is 0.997. The Hall–Kier alpha value is 0.240. The van der Waals surface area contributed by atoms with Gasteiger partial charge in [-0.05, 0) is 31.5 Å². The van der Waals surface area contributed by atoms with Crippen molar-refractivity contribution < 1.29 is 0 Å². The molecule has 0 unspecified atom stereocenters. The molecule has 0 radical (unpaired) electrons. The SMILES string of the molecule is Clc1cccc(Cl)c1CNCCCCCCBr. The van der Waals surface area contributed by atoms with E-state index in [-0.39, 0.29) is 0 Å². The second kappa shape index (κ2) is 9.21. The maximum absolute atomic E-state index is 6.08. The number of hydrogen-bond acceptors (Lipinski definition) is 1. The minimum atomic E-state index is 0.740. The van der Waals surface area contributed by atoms with Crippen LogP contribution in [0.25, 0.3) is 0 Å². The van der Waals surface area contributed by atoms with Crippen molar-refractivity contribution in [2.24, 2.45) is 0 Å². The molecule has 1 aromatic rings. The van der Waals surface area contributed by atoms with Gasteiger partial charge in [-0.3, -0.25) is 0 Å². The van der Waals surface area contributed by atoms with Crippen LogP contribution < -0.4 is 5.32 Å². The van der Waals surface area contributed by atoms with Crippen LogP contribution in [0, 0.1) is 0 Å². The highest BCUT2D eigenvalue weighted by atomic mass is 79.9. The number of nitrogens with one attached hydrogen (secondary N) is 1. The summed E-state index contributed by atoms with van der Waals surface area (Å²) in [6, 6.07) is 5.62. The summed E-state index contributed by atoms with van der Waals surface area (Å²) in [4.78, 5) is 0. The molecule has 0 heterocycles. The molecule has 1 nitrogen and oxygen atoms in total. The first kappa shape index (κ1) is 15.3. The van der Waals surface area contributed by atoms with E-state index in [0.29, 0.717) is 0 Å². The molecule has 17 heavy (non-hydrogen) atoms. The molecule has 0 aliphatic rings. The normalized spacial score (nSPS) is 10.8. The highest BCUT2D eigenvalue weighted by molar-refractivity contribution is 9.09. The van der Waals surface area contributed by atoms with Crippen LogP contribution in [0.4, 0.5) is 0 Å². The Labute approximate surface area is 122 Å². The Kier molecular flexibility index (Phi) is 8.29. The van der Waals surface area contributed by atoms with Gasteiger partial charge < -0.3 is 5.32 Å². The van der Waals surface area contributed by atoms with Gasteiger partial charge in [-0.2, -0.15) is 0 Å². The number of rotatable bonds is 8. The predicted octanol–water partition coefficient (Wildman–Crippen LogP) is 5.04. The summed E-state index contributed by atoms with van der Waals surface area (Å²) in [7, 11) is 0. The molecule has 4 heteroatoms. The molecule has 0 bridgehead atoms. The molecular weight excluding hydrogens is 321 g/mol. The zero-order valence-electron chi connectivity index (χ0n) is 9.82. The highest BCUT2D eigenvalue weighted by Crippen LogP contribution is 2.23. The summed E-state index contributed by atoms with van der Waals surface area (Å²) in [5, 5.41) is 5.97. The van der Waals surface area contributed by atoms with Crippen LogP contribution in [0.1, 0.15) is 31.2 Å². The first-order chi connectivity index (χ1) is 8.25. The number of halogens is 3. The van der Waals surface area contributed by atoms with Gasteiger partial charge in [0.05, 0.1) is 0 Å². The van der Waals surface area contributed by atoms with E-state index in [9.17, 15) is 0 Å². The standard InChI is InChI=1S/C13H18BrCl2N/c14-8-3-1-2-4-9-17-10-11-12(15)6-5-7-13(11)16/h5-7,17H,1-4,8-10H2. The second-order valence-corrected chi connectivity index (χ2v) is 5.59. The predicted molar refractivity (Wildman–Crippen MR) is 80.4 cm³/mol. The largest absolute Gasteiger partial charge is 0.313 e. The lowest BCUT2D eigenvalue weighted by molar-refractivity contribution is 0.600. The summed E-state index contributed by atoms with van der Waals surface area (Å²) in [6.45, 7) is 1.76. The summed E-state index contributed by atoms with van der Waals surface area (Å²) >= 11 is 15.6. The van der Waals surface area contributed by atoms with E-state index in [0.717, 1.165) is 34.0 Å². The second-order valence-electron chi connectivity index (χ2n) is 3.98. The van der Waals surface area contributed by atoms with Gasteiger partial charge >= 0.3 is 0 Å². The van der Waals surface area contributed by atoms with E-state index in [2.05, 4.69) is 21.2 Å². The Balaban J connectivity index is 2.18. The van der Waals surface area contributed by atoms with Crippen molar-refractivity contribution in [3.63, 3.8) is 0 Å². The van der Waals surface area contributed by atoms with Crippen LogP contribution in [-0.2, 0) is 6.54 Å². The van der Waals surface area contributed by atoms with Crippen LogP contribution in [0.5, 0.6) is 0 Å². The van der Waals surface area contributed by atoms with Crippen molar-refractivity contribution in [2.75, 3.05) is 11.9 Å². The monoisotopic (exact) mass is 337 g/mol. The molecule has 0 saturated heterocycles. The maximum Gasteiger partial charge on any atom is 0.0465 e. The fourth-order valence-electron chi connectivity index (χ4n) is 1.61. The van der Waals surface area contributed by atoms with E-state index in [4.69, 9.17) is 23.2 Å². The van der Waals surface area contributed by atoms with Gasteiger partial charge in [0.25, 0.3) is 0 Å². The minimum Gasteiger partial charge on any atom is -0.313 e. The minimum absolute atomic E-state index is 0.740. The average Bonchev–Trinajstić information content (AvgIpc) is 2.31. The Morgan fingerprint density at radius 3 is 2.29 bits per heavy atom. The van der Waals surface area contributed by atoms with Gasteiger partial charge in [-0.25, -0.2) is 0 Å². The molecule has 0 aliphatic heterocycles. The van der Waals surface area contributed by atoms with Crippen molar-refractivity contribution in [2.45, 2.75) is 32.2 Å². The van der Waals surface area contributed by atoms with Gasteiger partial charge in [0.1, 0.15) is 0 Å². The molecule has 1 aromatic carbocycles. The Morgan fingerprint density at radius 2 is 1.65 bits per heavy atom. The van der Waals surface area contributed by atoms with E-state index < -0.39 is 0 Å². The van der Waals surface area contributed by atoms with Crippen LogP contribution in [0.2, 0.25) is 10.0 Å². The molecule has 0 aliphatic carbocycles. The lowest BCUT2D eigenvalue weighted by Gasteiger charge is -2.08. The summed E-state index contributed by atoms with van der Waals surface area (Å²) < 4.78 is 0. The lowest BCUT2D eigenvalue weighted by Crippen LogP contribution is -2.15. The molecule has 1 N–H and O–H groups in total. The molecule has 1 rings (SSSR count). The van der Waals surface area contributed by atoms with Gasteiger partial charge in [0.2, 0.25) is 0 Å². The molecular formula is C13H18BrCl2N. The van der Waals surface area contributed by atoms with Crippen molar-refractivity contribution in [3.8, 4) is 0 Å². The van der Waals surface area contributed by atoms with Crippen LogP contribution in [-0.4, -0.2) is 11.9 Å². The molecule has 0 atom stereocenters. The fourth-order valence-corrected chi connectivity index (χ4v) is 2.54. The molecule has 0 saturated carbocycles. The quantitative estimate of drug-likeness (QED) is 0.517. The van der Waals surface area contributed by atoms with E-state index in [1.54, 1.807) is 0 Å². The fraction of sp³-hybridized carbons (Fsp3) is 0.538. The molecule has 0 spiro atoms. The van der Waals surface area contributed by atoms with E-state index >= 15 is 0 Å². The smallest absolute Gasteiger partial charge is 0.0465 e. The van der Waals surface area contributed by atoms with Gasteiger partial charge in [-0.1, -0.05) is 58.0 Å². The van der Waals surface area contributed by atoms with Crippen LogP contribution >= 0.6 is 39.1 Å². The third kappa shape index (κ3) is 6.10. The lowest BCUT2D eigenvalue weighted by atomic mass is 10.2. The van der Waals surface area contributed by atoms with Gasteiger partial charge in [0, 0.05) is 27.5 Å². The van der Waals surface area contributed by atoms with Crippen LogP contribution in [0.3, 0.4) is 0 Å².